The summed E-state index contributed by atoms with van der Waals surface area (Å²) >= 11 is 6.24. The Labute approximate surface area is 220 Å². The van der Waals surface area contributed by atoms with E-state index >= 15 is 0 Å². The number of hydrogen-bond acceptors (Lipinski definition) is 4. The number of aliphatic hydroxyl groups is 1. The molecule has 2 aromatic rings. The third-order valence-electron chi connectivity index (χ3n) is 6.88. The lowest BCUT2D eigenvalue weighted by atomic mass is 9.91. The van der Waals surface area contributed by atoms with Crippen LogP contribution in [0.2, 0.25) is 23.2 Å². The van der Waals surface area contributed by atoms with E-state index in [1.165, 1.54) is 6.92 Å². The number of hydrazine groups is 1. The maximum atomic E-state index is 12.8. The first-order chi connectivity index (χ1) is 16.7. The van der Waals surface area contributed by atoms with Gasteiger partial charge in [0, 0.05) is 5.56 Å². The van der Waals surface area contributed by atoms with Crippen molar-refractivity contribution in [3.05, 3.63) is 75.1 Å². The zero-order chi connectivity index (χ0) is 27.3. The van der Waals surface area contributed by atoms with Crippen LogP contribution < -0.4 is 10.9 Å². The first-order valence-electron chi connectivity index (χ1n) is 11.8. The van der Waals surface area contributed by atoms with E-state index in [4.69, 9.17) is 22.6 Å². The number of nitrogens with zero attached hydrogens (tertiary/aromatic N) is 1. The Bertz CT molecular complexity index is 1140. The molecule has 2 amide bonds. The van der Waals surface area contributed by atoms with Gasteiger partial charge in [0.15, 0.2) is 8.32 Å². The van der Waals surface area contributed by atoms with E-state index in [2.05, 4.69) is 49.6 Å². The number of carbonyl (C=O) groups is 2. The molecule has 2 rings (SSSR count). The molecule has 0 aliphatic carbocycles. The highest BCUT2D eigenvalue weighted by Crippen LogP contribution is 2.37. The van der Waals surface area contributed by atoms with Crippen molar-refractivity contribution in [2.24, 2.45) is 5.92 Å². The number of aliphatic hydroxyl groups excluding tert-OH is 1. The molecule has 0 aromatic heterocycles. The van der Waals surface area contributed by atoms with Gasteiger partial charge in [-0.1, -0.05) is 56.6 Å². The minimum atomic E-state index is -1.88. The Balaban J connectivity index is 1.99. The predicted octanol–water partition coefficient (Wildman–Crippen LogP) is 5.72. The van der Waals surface area contributed by atoms with Gasteiger partial charge in [0.05, 0.1) is 30.2 Å². The Hall–Kier alpha value is -2.70. The standard InChI is InChI=1S/C27H36ClN3O4Si/c1-17-21(13-14-23(29-6)24(17)28)15-22(18(2)32)26(34)31-30-25(33)20-11-9-19(10-12-20)16-35-36(7,8)27(3,4)5/h9-14,18,22,32H,15-16H2,1-5,7-8H3,(H,30,33)(H,31,34)/t18-,22+/m0/s1. The summed E-state index contributed by atoms with van der Waals surface area (Å²) < 4.78 is 6.22. The van der Waals surface area contributed by atoms with Crippen molar-refractivity contribution >= 4 is 37.4 Å². The molecule has 2 aromatic carbocycles. The molecule has 0 unspecified atom stereocenters. The van der Waals surface area contributed by atoms with Crippen LogP contribution in [0.4, 0.5) is 5.69 Å². The number of hydrogen-bond donors (Lipinski definition) is 3. The first-order valence-corrected chi connectivity index (χ1v) is 15.1. The fourth-order valence-electron chi connectivity index (χ4n) is 3.25. The Kier molecular flexibility index (Phi) is 9.86. The second-order valence-corrected chi connectivity index (χ2v) is 15.7. The third kappa shape index (κ3) is 7.40. The summed E-state index contributed by atoms with van der Waals surface area (Å²) in [6, 6.07) is 10.4. The van der Waals surface area contributed by atoms with Crippen LogP contribution in [0.15, 0.2) is 36.4 Å². The number of amides is 2. The van der Waals surface area contributed by atoms with Crippen molar-refractivity contribution in [3.63, 3.8) is 0 Å². The predicted molar refractivity (Wildman–Crippen MR) is 145 cm³/mol. The van der Waals surface area contributed by atoms with Gasteiger partial charge in [0.25, 0.3) is 5.91 Å². The van der Waals surface area contributed by atoms with Crippen molar-refractivity contribution in [1.82, 2.24) is 10.9 Å². The molecule has 194 valence electrons. The van der Waals surface area contributed by atoms with E-state index in [1.807, 2.05) is 12.1 Å². The van der Waals surface area contributed by atoms with Gasteiger partial charge in [0.1, 0.15) is 0 Å². The van der Waals surface area contributed by atoms with Gasteiger partial charge in [-0.25, -0.2) is 4.85 Å². The van der Waals surface area contributed by atoms with E-state index in [1.54, 1.807) is 31.2 Å². The van der Waals surface area contributed by atoms with Crippen LogP contribution in [0.25, 0.3) is 4.85 Å². The van der Waals surface area contributed by atoms with Gasteiger partial charge in [-0.05, 0) is 67.2 Å². The maximum absolute atomic E-state index is 12.8. The Morgan fingerprint density at radius 2 is 1.75 bits per heavy atom. The Morgan fingerprint density at radius 3 is 2.28 bits per heavy atom. The summed E-state index contributed by atoms with van der Waals surface area (Å²) in [5.41, 5.74) is 7.95. The summed E-state index contributed by atoms with van der Waals surface area (Å²) in [6.45, 7) is 21.9. The van der Waals surface area contributed by atoms with E-state index in [-0.39, 0.29) is 11.5 Å². The van der Waals surface area contributed by atoms with Gasteiger partial charge in [-0.15, -0.1) is 0 Å². The van der Waals surface area contributed by atoms with Crippen molar-refractivity contribution in [2.75, 3.05) is 0 Å². The van der Waals surface area contributed by atoms with E-state index < -0.39 is 32.2 Å². The normalized spacial score (nSPS) is 13.4. The molecule has 0 spiro atoms. The summed E-state index contributed by atoms with van der Waals surface area (Å²) in [4.78, 5) is 28.7. The lowest BCUT2D eigenvalue weighted by Crippen LogP contribution is -2.47. The van der Waals surface area contributed by atoms with E-state index in [0.717, 1.165) is 11.1 Å². The van der Waals surface area contributed by atoms with Crippen LogP contribution >= 0.6 is 11.6 Å². The van der Waals surface area contributed by atoms with Crippen LogP contribution in [0.5, 0.6) is 0 Å². The highest BCUT2D eigenvalue weighted by Gasteiger charge is 2.37. The number of halogens is 1. The van der Waals surface area contributed by atoms with Crippen LogP contribution in [0.1, 0.15) is 54.7 Å². The molecule has 0 aliphatic rings. The fourth-order valence-corrected chi connectivity index (χ4v) is 4.44. The number of benzene rings is 2. The summed E-state index contributed by atoms with van der Waals surface area (Å²) in [5.74, 6) is -1.82. The third-order valence-corrected chi connectivity index (χ3v) is 11.8. The van der Waals surface area contributed by atoms with Crippen LogP contribution in [-0.4, -0.2) is 31.3 Å². The van der Waals surface area contributed by atoms with Crippen molar-refractivity contribution in [2.45, 2.75) is 71.9 Å². The highest BCUT2D eigenvalue weighted by molar-refractivity contribution is 6.74. The zero-order valence-electron chi connectivity index (χ0n) is 22.0. The van der Waals surface area contributed by atoms with Gasteiger partial charge >= 0.3 is 0 Å². The van der Waals surface area contributed by atoms with Gasteiger partial charge < -0.3 is 9.53 Å². The molecule has 36 heavy (non-hydrogen) atoms. The number of nitrogens with one attached hydrogen (secondary N) is 2. The molecule has 0 saturated carbocycles. The van der Waals surface area contributed by atoms with Crippen molar-refractivity contribution < 1.29 is 19.1 Å². The molecule has 0 fully saturated rings. The smallest absolute Gasteiger partial charge is 0.269 e. The first kappa shape index (κ1) is 29.5. The molecule has 0 saturated heterocycles. The molecule has 0 radical (unpaired) electrons. The van der Waals surface area contributed by atoms with Gasteiger partial charge in [-0.2, -0.15) is 0 Å². The molecule has 9 heteroatoms. The maximum Gasteiger partial charge on any atom is 0.269 e. The molecule has 0 bridgehead atoms. The lowest BCUT2D eigenvalue weighted by Gasteiger charge is -2.36. The highest BCUT2D eigenvalue weighted by atomic mass is 35.5. The van der Waals surface area contributed by atoms with Crippen LogP contribution in [0.3, 0.4) is 0 Å². The fraction of sp³-hybridized carbons (Fsp3) is 0.444. The molecular weight excluding hydrogens is 494 g/mol. The van der Waals surface area contributed by atoms with Crippen molar-refractivity contribution in [1.29, 1.82) is 0 Å². The number of carbonyl (C=O) groups excluding carboxylic acids is 2. The van der Waals surface area contributed by atoms with E-state index in [9.17, 15) is 14.7 Å². The molecule has 7 nitrogen and oxygen atoms in total. The molecule has 2 atom stereocenters. The molecule has 0 heterocycles. The summed E-state index contributed by atoms with van der Waals surface area (Å²) in [7, 11) is -1.88. The van der Waals surface area contributed by atoms with E-state index in [0.29, 0.717) is 28.4 Å². The minimum Gasteiger partial charge on any atom is -0.413 e. The SMILES string of the molecule is [C-]#[N+]c1ccc(C[C@@H](C(=O)NNC(=O)c2ccc(CO[Si](C)(C)C(C)(C)C)cc2)[C@H](C)O)c(C)c1Cl. The topological polar surface area (TPSA) is 92.0 Å². The second kappa shape index (κ2) is 12.0. The minimum absolute atomic E-state index is 0.112. The van der Waals surface area contributed by atoms with Gasteiger partial charge in [-0.3, -0.25) is 20.4 Å². The van der Waals surface area contributed by atoms with Crippen molar-refractivity contribution in [3.8, 4) is 0 Å². The van der Waals surface area contributed by atoms with Gasteiger partial charge in [0.2, 0.25) is 11.6 Å². The van der Waals surface area contributed by atoms with Crippen LogP contribution in [0, 0.1) is 19.4 Å². The summed E-state index contributed by atoms with van der Waals surface area (Å²) in [6.07, 6.45) is -0.771. The average Bonchev–Trinajstić information content (AvgIpc) is 2.81. The summed E-state index contributed by atoms with van der Waals surface area (Å²) in [5, 5.41) is 10.7. The number of rotatable bonds is 8. The van der Waals surface area contributed by atoms with Crippen LogP contribution in [-0.2, 0) is 22.2 Å². The monoisotopic (exact) mass is 529 g/mol. The molecule has 3 N–H and O–H groups in total. The largest absolute Gasteiger partial charge is 0.413 e. The Morgan fingerprint density at radius 1 is 1.14 bits per heavy atom. The molecular formula is C27H36ClN3O4Si. The molecule has 0 aliphatic heterocycles. The lowest BCUT2D eigenvalue weighted by molar-refractivity contribution is -0.128. The quantitative estimate of drug-likeness (QED) is 0.231. The zero-order valence-corrected chi connectivity index (χ0v) is 23.8. The average molecular weight is 530 g/mol. The second-order valence-electron chi connectivity index (χ2n) is 10.5.